The zero-order valence-corrected chi connectivity index (χ0v) is 24.6. The lowest BCUT2D eigenvalue weighted by atomic mass is 9.82. The van der Waals surface area contributed by atoms with Gasteiger partial charge < -0.3 is 4.74 Å². The molecule has 0 saturated carbocycles. The van der Waals surface area contributed by atoms with Crippen molar-refractivity contribution in [2.24, 2.45) is 11.8 Å². The SMILES string of the molecule is CC1=CC[C@@H]2C(=O)N(N(CC(=O)c3ccc(OC(=O)c4ccc([N+](=O)[O-])cc4)cc3)C(=O)c3ccc(Cl)cc3Cl)C(=O)[C@@H]2C1. The Morgan fingerprint density at radius 3 is 2.23 bits per heavy atom. The number of rotatable bonds is 8. The van der Waals surface area contributed by atoms with E-state index in [-0.39, 0.29) is 38.2 Å². The van der Waals surface area contributed by atoms with E-state index in [1.54, 1.807) is 0 Å². The minimum Gasteiger partial charge on any atom is -0.423 e. The van der Waals surface area contributed by atoms with Crippen LogP contribution in [-0.4, -0.2) is 51.0 Å². The summed E-state index contributed by atoms with van der Waals surface area (Å²) in [6.07, 6.45) is 2.60. The predicted molar refractivity (Wildman–Crippen MR) is 158 cm³/mol. The van der Waals surface area contributed by atoms with Gasteiger partial charge in [0.05, 0.1) is 32.9 Å². The number of nitrogens with zero attached hydrogens (tertiary/aromatic N) is 3. The molecule has 0 N–H and O–H groups in total. The van der Waals surface area contributed by atoms with Crippen LogP contribution in [-0.2, 0) is 9.59 Å². The number of esters is 1. The third-order valence-corrected chi connectivity index (χ3v) is 7.98. The molecule has 1 heterocycles. The molecule has 224 valence electrons. The Labute approximate surface area is 260 Å². The Morgan fingerprint density at radius 2 is 1.59 bits per heavy atom. The molecule has 0 radical (unpaired) electrons. The van der Waals surface area contributed by atoms with Crippen molar-refractivity contribution >= 4 is 58.4 Å². The maximum absolute atomic E-state index is 13.8. The number of non-ortho nitro benzene ring substituents is 1. The van der Waals surface area contributed by atoms with Crippen LogP contribution in [0.15, 0.2) is 78.4 Å². The Morgan fingerprint density at radius 1 is 0.955 bits per heavy atom. The molecule has 11 nitrogen and oxygen atoms in total. The average molecular weight is 636 g/mol. The Balaban J connectivity index is 1.37. The third-order valence-electron chi connectivity index (χ3n) is 7.43. The highest BCUT2D eigenvalue weighted by Crippen LogP contribution is 2.39. The van der Waals surface area contributed by atoms with Crippen LogP contribution in [0.2, 0.25) is 10.0 Å². The van der Waals surface area contributed by atoms with E-state index in [9.17, 15) is 34.1 Å². The number of benzene rings is 3. The number of nitro benzene ring substituents is 1. The fourth-order valence-electron chi connectivity index (χ4n) is 5.11. The number of fused-ring (bicyclic) bond motifs is 1. The number of imide groups is 1. The van der Waals surface area contributed by atoms with Crippen molar-refractivity contribution in [3.8, 4) is 5.75 Å². The molecule has 13 heteroatoms. The molecule has 0 bridgehead atoms. The van der Waals surface area contributed by atoms with Gasteiger partial charge in [-0.2, -0.15) is 5.01 Å². The van der Waals surface area contributed by atoms with Gasteiger partial charge in [-0.3, -0.25) is 29.3 Å². The van der Waals surface area contributed by atoms with Crippen LogP contribution >= 0.6 is 23.2 Å². The molecule has 1 aliphatic heterocycles. The quantitative estimate of drug-likeness (QED) is 0.0583. The fraction of sp³-hybridized carbons (Fsp3) is 0.194. The second-order valence-electron chi connectivity index (χ2n) is 10.3. The number of nitro groups is 1. The number of ketones is 1. The number of amides is 3. The van der Waals surface area contributed by atoms with Crippen LogP contribution < -0.4 is 4.74 Å². The van der Waals surface area contributed by atoms with Crippen molar-refractivity contribution in [1.82, 2.24) is 10.0 Å². The number of Topliss-reactive ketones (excluding diaryl/α,β-unsaturated/α-hetero) is 1. The predicted octanol–water partition coefficient (Wildman–Crippen LogP) is 5.70. The van der Waals surface area contributed by atoms with E-state index in [1.807, 2.05) is 13.0 Å². The van der Waals surface area contributed by atoms with E-state index < -0.39 is 52.8 Å². The summed E-state index contributed by atoms with van der Waals surface area (Å²) >= 11 is 12.3. The second-order valence-corrected chi connectivity index (χ2v) is 11.2. The van der Waals surface area contributed by atoms with E-state index in [4.69, 9.17) is 27.9 Å². The lowest BCUT2D eigenvalue weighted by Crippen LogP contribution is -2.52. The van der Waals surface area contributed by atoms with Crippen molar-refractivity contribution in [1.29, 1.82) is 0 Å². The number of carbonyl (C=O) groups excluding carboxylic acids is 5. The van der Waals surface area contributed by atoms with E-state index in [1.165, 1.54) is 66.7 Å². The van der Waals surface area contributed by atoms with E-state index in [0.717, 1.165) is 15.6 Å². The monoisotopic (exact) mass is 635 g/mol. The van der Waals surface area contributed by atoms with Gasteiger partial charge in [0.25, 0.3) is 23.4 Å². The lowest BCUT2D eigenvalue weighted by Gasteiger charge is -2.30. The first-order valence-corrected chi connectivity index (χ1v) is 14.1. The van der Waals surface area contributed by atoms with Crippen LogP contribution in [0.25, 0.3) is 0 Å². The summed E-state index contributed by atoms with van der Waals surface area (Å²) in [5.41, 5.74) is 0.907. The Kier molecular flexibility index (Phi) is 8.61. The van der Waals surface area contributed by atoms with Gasteiger partial charge in [-0.25, -0.2) is 9.80 Å². The first kappa shape index (κ1) is 30.6. The molecule has 1 fully saturated rings. The average Bonchev–Trinajstić information content (AvgIpc) is 3.24. The fourth-order valence-corrected chi connectivity index (χ4v) is 5.60. The van der Waals surface area contributed by atoms with E-state index in [2.05, 4.69) is 0 Å². The summed E-state index contributed by atoms with van der Waals surface area (Å²) in [7, 11) is 0. The molecular weight excluding hydrogens is 613 g/mol. The van der Waals surface area contributed by atoms with Gasteiger partial charge in [-0.15, -0.1) is 0 Å². The van der Waals surface area contributed by atoms with Gasteiger partial charge in [0.15, 0.2) is 5.78 Å². The molecular formula is C31H23Cl2N3O8. The molecule has 3 aromatic rings. The van der Waals surface area contributed by atoms with Crippen molar-refractivity contribution in [2.45, 2.75) is 19.8 Å². The van der Waals surface area contributed by atoms with Crippen LogP contribution in [0.4, 0.5) is 5.69 Å². The molecule has 44 heavy (non-hydrogen) atoms. The zero-order valence-electron chi connectivity index (χ0n) is 23.1. The van der Waals surface area contributed by atoms with Gasteiger partial charge in [-0.1, -0.05) is 34.9 Å². The highest BCUT2D eigenvalue weighted by Gasteiger charge is 2.52. The number of hydrazine groups is 1. The highest BCUT2D eigenvalue weighted by atomic mass is 35.5. The molecule has 1 aliphatic carbocycles. The van der Waals surface area contributed by atoms with E-state index in [0.29, 0.717) is 12.8 Å². The standard InChI is InChI=1S/C31H23Cl2N3O8/c1-17-2-12-23-25(14-17)30(40)35(29(23)39)34(28(38)24-13-7-20(32)15-26(24)33)16-27(37)18-5-10-22(11-6-18)44-31(41)19-3-8-21(9-4-19)36(42)43/h2-11,13,15,23,25H,12,14,16H2,1H3/t23-,25+/m0/s1. The Bertz CT molecular complexity index is 1740. The largest absolute Gasteiger partial charge is 0.423 e. The maximum Gasteiger partial charge on any atom is 0.343 e. The van der Waals surface area contributed by atoms with Crippen LogP contribution in [0, 0.1) is 22.0 Å². The number of carbonyl (C=O) groups is 5. The summed E-state index contributed by atoms with van der Waals surface area (Å²) in [6.45, 7) is 1.20. The topological polar surface area (TPSA) is 144 Å². The Hall–Kier alpha value is -4.87. The number of halogens is 2. The molecule has 5 rings (SSSR count). The van der Waals surface area contributed by atoms with Gasteiger partial charge in [0.2, 0.25) is 0 Å². The van der Waals surface area contributed by atoms with Crippen LogP contribution in [0.5, 0.6) is 5.75 Å². The van der Waals surface area contributed by atoms with Crippen molar-refractivity contribution in [3.63, 3.8) is 0 Å². The number of hydrogen-bond donors (Lipinski definition) is 0. The first-order valence-electron chi connectivity index (χ1n) is 13.3. The number of hydrogen-bond acceptors (Lipinski definition) is 8. The highest BCUT2D eigenvalue weighted by molar-refractivity contribution is 6.36. The molecule has 2 aliphatic rings. The van der Waals surface area contributed by atoms with Crippen molar-refractivity contribution in [2.75, 3.05) is 6.54 Å². The molecule has 3 amide bonds. The van der Waals surface area contributed by atoms with Crippen molar-refractivity contribution in [3.05, 3.63) is 115 Å². The molecule has 1 saturated heterocycles. The van der Waals surface area contributed by atoms with E-state index >= 15 is 0 Å². The van der Waals surface area contributed by atoms with Crippen molar-refractivity contribution < 1.29 is 33.6 Å². The molecule has 2 atom stereocenters. The molecule has 0 spiro atoms. The normalized spacial score (nSPS) is 17.5. The van der Waals surface area contributed by atoms with Gasteiger partial charge in [0, 0.05) is 22.7 Å². The first-order chi connectivity index (χ1) is 20.9. The zero-order chi connectivity index (χ0) is 31.7. The minimum atomic E-state index is -0.835. The van der Waals surface area contributed by atoms with Gasteiger partial charge in [-0.05, 0) is 74.4 Å². The molecule has 3 aromatic carbocycles. The molecule has 0 unspecified atom stereocenters. The minimum absolute atomic E-state index is 0.0202. The van der Waals surface area contributed by atoms with Gasteiger partial charge in [0.1, 0.15) is 12.3 Å². The summed E-state index contributed by atoms with van der Waals surface area (Å²) in [4.78, 5) is 76.8. The van der Waals surface area contributed by atoms with Crippen LogP contribution in [0.3, 0.4) is 0 Å². The third kappa shape index (κ3) is 6.10. The summed E-state index contributed by atoms with van der Waals surface area (Å²) < 4.78 is 5.30. The summed E-state index contributed by atoms with van der Waals surface area (Å²) in [5.74, 6) is -4.59. The smallest absolute Gasteiger partial charge is 0.343 e. The second kappa shape index (κ2) is 12.4. The summed E-state index contributed by atoms with van der Waals surface area (Å²) in [5, 5.41) is 12.7. The van der Waals surface area contributed by atoms with Gasteiger partial charge >= 0.3 is 5.97 Å². The number of ether oxygens (including phenoxy) is 1. The molecule has 0 aromatic heterocycles. The number of allylic oxidation sites excluding steroid dienone is 2. The maximum atomic E-state index is 13.8. The lowest BCUT2D eigenvalue weighted by molar-refractivity contribution is -0.384. The van der Waals surface area contributed by atoms with Crippen LogP contribution in [0.1, 0.15) is 50.8 Å². The summed E-state index contributed by atoms with van der Waals surface area (Å²) in [6, 6.07) is 14.4.